The smallest absolute Gasteiger partial charge is 0.226 e. The van der Waals surface area contributed by atoms with E-state index in [9.17, 15) is 5.11 Å². The van der Waals surface area contributed by atoms with Crippen molar-refractivity contribution in [1.29, 1.82) is 0 Å². The van der Waals surface area contributed by atoms with Crippen molar-refractivity contribution in [3.05, 3.63) is 17.4 Å². The molecule has 1 fully saturated rings. The maximum atomic E-state index is 9.30. The SMILES string of the molecule is OC1CCN(c2nccc(Cl)n2)C1. The van der Waals surface area contributed by atoms with E-state index in [0.717, 1.165) is 13.0 Å². The maximum absolute atomic E-state index is 9.30. The van der Waals surface area contributed by atoms with E-state index in [-0.39, 0.29) is 6.10 Å². The lowest BCUT2D eigenvalue weighted by Crippen LogP contribution is -2.23. The maximum Gasteiger partial charge on any atom is 0.226 e. The highest BCUT2D eigenvalue weighted by atomic mass is 35.5. The zero-order valence-corrected chi connectivity index (χ0v) is 7.78. The molecule has 0 amide bonds. The lowest BCUT2D eigenvalue weighted by molar-refractivity contribution is 0.198. The van der Waals surface area contributed by atoms with Gasteiger partial charge in [0.1, 0.15) is 5.15 Å². The lowest BCUT2D eigenvalue weighted by atomic mass is 10.3. The van der Waals surface area contributed by atoms with Gasteiger partial charge in [-0.2, -0.15) is 0 Å². The minimum absolute atomic E-state index is 0.261. The molecule has 13 heavy (non-hydrogen) atoms. The average Bonchev–Trinajstić information content (AvgIpc) is 2.52. The number of aromatic nitrogens is 2. The molecule has 0 spiro atoms. The van der Waals surface area contributed by atoms with Crippen LogP contribution in [0.5, 0.6) is 0 Å². The molecule has 1 aromatic rings. The number of hydrogen-bond donors (Lipinski definition) is 1. The van der Waals surface area contributed by atoms with Crippen molar-refractivity contribution in [1.82, 2.24) is 9.97 Å². The van der Waals surface area contributed by atoms with Crippen LogP contribution in [0.1, 0.15) is 6.42 Å². The van der Waals surface area contributed by atoms with Crippen LogP contribution in [0.15, 0.2) is 12.3 Å². The van der Waals surface area contributed by atoms with Crippen LogP contribution in [-0.4, -0.2) is 34.3 Å². The van der Waals surface area contributed by atoms with E-state index in [2.05, 4.69) is 9.97 Å². The number of β-amino-alcohol motifs (C(OH)–C–C–N with tert-alkyl or cyclic N) is 1. The summed E-state index contributed by atoms with van der Waals surface area (Å²) in [5.41, 5.74) is 0. The third-order valence-corrected chi connectivity index (χ3v) is 2.27. The molecule has 2 rings (SSSR count). The Morgan fingerprint density at radius 1 is 1.62 bits per heavy atom. The van der Waals surface area contributed by atoms with E-state index in [0.29, 0.717) is 17.6 Å². The third kappa shape index (κ3) is 1.89. The number of rotatable bonds is 1. The predicted molar refractivity (Wildman–Crippen MR) is 49.9 cm³/mol. The normalized spacial score (nSPS) is 22.3. The zero-order chi connectivity index (χ0) is 9.26. The quantitative estimate of drug-likeness (QED) is 0.677. The molecular formula is C8H10ClN3O. The molecule has 70 valence electrons. The average molecular weight is 200 g/mol. The Kier molecular flexibility index (Phi) is 2.33. The second-order valence-corrected chi connectivity index (χ2v) is 3.46. The minimum Gasteiger partial charge on any atom is -0.391 e. The molecule has 5 heteroatoms. The lowest BCUT2D eigenvalue weighted by Gasteiger charge is -2.14. The summed E-state index contributed by atoms with van der Waals surface area (Å²) in [5.74, 6) is 0.601. The van der Waals surface area contributed by atoms with Crippen LogP contribution in [0, 0.1) is 0 Å². The molecule has 0 aromatic carbocycles. The molecule has 0 aliphatic carbocycles. The summed E-state index contributed by atoms with van der Waals surface area (Å²) in [6.45, 7) is 1.39. The molecule has 1 unspecified atom stereocenters. The first-order valence-corrected chi connectivity index (χ1v) is 4.55. The molecule has 0 saturated carbocycles. The fraction of sp³-hybridized carbons (Fsp3) is 0.500. The Morgan fingerprint density at radius 3 is 3.08 bits per heavy atom. The van der Waals surface area contributed by atoms with Gasteiger partial charge in [-0.15, -0.1) is 0 Å². The molecule has 4 nitrogen and oxygen atoms in total. The van der Waals surface area contributed by atoms with E-state index in [4.69, 9.17) is 11.6 Å². The Morgan fingerprint density at radius 2 is 2.46 bits per heavy atom. The summed E-state index contributed by atoms with van der Waals surface area (Å²) in [4.78, 5) is 10.1. The largest absolute Gasteiger partial charge is 0.391 e. The highest BCUT2D eigenvalue weighted by molar-refractivity contribution is 6.29. The standard InChI is InChI=1S/C8H10ClN3O/c9-7-1-3-10-8(11-7)12-4-2-6(13)5-12/h1,3,6,13H,2,4-5H2. The summed E-state index contributed by atoms with van der Waals surface area (Å²) in [7, 11) is 0. The summed E-state index contributed by atoms with van der Waals surface area (Å²) in [6.07, 6.45) is 2.13. The van der Waals surface area contributed by atoms with Crippen molar-refractivity contribution in [3.63, 3.8) is 0 Å². The number of nitrogens with zero attached hydrogens (tertiary/aromatic N) is 3. The highest BCUT2D eigenvalue weighted by Crippen LogP contribution is 2.16. The van der Waals surface area contributed by atoms with Crippen molar-refractivity contribution in [2.24, 2.45) is 0 Å². The second kappa shape index (κ2) is 3.47. The number of hydrogen-bond acceptors (Lipinski definition) is 4. The van der Waals surface area contributed by atoms with Gasteiger partial charge in [-0.25, -0.2) is 9.97 Å². The van der Waals surface area contributed by atoms with Gasteiger partial charge in [0.05, 0.1) is 6.10 Å². The molecule has 1 aliphatic heterocycles. The van der Waals surface area contributed by atoms with Crippen molar-refractivity contribution < 1.29 is 5.11 Å². The van der Waals surface area contributed by atoms with Crippen LogP contribution in [-0.2, 0) is 0 Å². The molecule has 1 N–H and O–H groups in total. The minimum atomic E-state index is -0.261. The molecule has 1 aromatic heterocycles. The Bertz CT molecular complexity index is 307. The van der Waals surface area contributed by atoms with E-state index >= 15 is 0 Å². The fourth-order valence-electron chi connectivity index (χ4n) is 1.40. The Hall–Kier alpha value is -0.870. The number of aliphatic hydroxyl groups excluding tert-OH is 1. The first-order chi connectivity index (χ1) is 6.25. The van der Waals surface area contributed by atoms with Gasteiger partial charge in [0.25, 0.3) is 0 Å². The molecular weight excluding hydrogens is 190 g/mol. The van der Waals surface area contributed by atoms with Gasteiger partial charge >= 0.3 is 0 Å². The van der Waals surface area contributed by atoms with E-state index < -0.39 is 0 Å². The Labute approximate surface area is 81.2 Å². The van der Waals surface area contributed by atoms with Gasteiger partial charge in [-0.1, -0.05) is 11.6 Å². The third-order valence-electron chi connectivity index (χ3n) is 2.06. The van der Waals surface area contributed by atoms with Crippen LogP contribution in [0.2, 0.25) is 5.15 Å². The molecule has 0 radical (unpaired) electrons. The van der Waals surface area contributed by atoms with Gasteiger partial charge in [0.15, 0.2) is 0 Å². The van der Waals surface area contributed by atoms with E-state index in [1.54, 1.807) is 12.3 Å². The van der Waals surface area contributed by atoms with Crippen LogP contribution < -0.4 is 4.90 Å². The highest BCUT2D eigenvalue weighted by Gasteiger charge is 2.22. The van der Waals surface area contributed by atoms with Crippen molar-refractivity contribution in [3.8, 4) is 0 Å². The van der Waals surface area contributed by atoms with Gasteiger partial charge < -0.3 is 10.0 Å². The van der Waals surface area contributed by atoms with Crippen LogP contribution in [0.4, 0.5) is 5.95 Å². The van der Waals surface area contributed by atoms with Crippen LogP contribution in [0.25, 0.3) is 0 Å². The van der Waals surface area contributed by atoms with Crippen molar-refractivity contribution >= 4 is 17.5 Å². The topological polar surface area (TPSA) is 49.2 Å². The number of aliphatic hydroxyl groups is 1. The molecule has 0 bridgehead atoms. The first kappa shape index (κ1) is 8.72. The summed E-state index contributed by atoms with van der Waals surface area (Å²) >= 11 is 5.72. The molecule has 1 atom stereocenters. The molecule has 1 saturated heterocycles. The predicted octanol–water partition coefficient (Wildman–Crippen LogP) is 0.701. The van der Waals surface area contributed by atoms with E-state index in [1.807, 2.05) is 4.90 Å². The fourth-order valence-corrected chi connectivity index (χ4v) is 1.53. The monoisotopic (exact) mass is 199 g/mol. The van der Waals surface area contributed by atoms with Gasteiger partial charge in [-0.3, -0.25) is 0 Å². The van der Waals surface area contributed by atoms with Gasteiger partial charge in [0, 0.05) is 19.3 Å². The van der Waals surface area contributed by atoms with Gasteiger partial charge in [-0.05, 0) is 12.5 Å². The van der Waals surface area contributed by atoms with E-state index in [1.165, 1.54) is 0 Å². The number of anilines is 1. The molecule has 2 heterocycles. The van der Waals surface area contributed by atoms with Crippen molar-refractivity contribution in [2.75, 3.05) is 18.0 Å². The first-order valence-electron chi connectivity index (χ1n) is 4.17. The zero-order valence-electron chi connectivity index (χ0n) is 7.02. The Balaban J connectivity index is 2.16. The number of halogens is 1. The molecule has 1 aliphatic rings. The van der Waals surface area contributed by atoms with Crippen LogP contribution in [0.3, 0.4) is 0 Å². The second-order valence-electron chi connectivity index (χ2n) is 3.07. The summed E-state index contributed by atoms with van der Waals surface area (Å²) < 4.78 is 0. The van der Waals surface area contributed by atoms with Crippen molar-refractivity contribution in [2.45, 2.75) is 12.5 Å². The summed E-state index contributed by atoms with van der Waals surface area (Å²) in [5, 5.41) is 9.74. The van der Waals surface area contributed by atoms with Crippen LogP contribution >= 0.6 is 11.6 Å². The van der Waals surface area contributed by atoms with Gasteiger partial charge in [0.2, 0.25) is 5.95 Å². The summed E-state index contributed by atoms with van der Waals surface area (Å²) in [6, 6.07) is 1.64.